The highest BCUT2D eigenvalue weighted by Crippen LogP contribution is 2.33. The van der Waals surface area contributed by atoms with Crippen molar-refractivity contribution in [2.45, 2.75) is 25.9 Å². The van der Waals surface area contributed by atoms with Gasteiger partial charge in [-0.05, 0) is 42.3 Å². The molecule has 1 fully saturated rings. The number of hydrogen-bond acceptors (Lipinski definition) is 5. The quantitative estimate of drug-likeness (QED) is 0.672. The summed E-state index contributed by atoms with van der Waals surface area (Å²) in [6.07, 6.45) is 2.17. The predicted molar refractivity (Wildman–Crippen MR) is 112 cm³/mol. The highest BCUT2D eigenvalue weighted by atomic mass is 16.7. The Labute approximate surface area is 174 Å². The van der Waals surface area contributed by atoms with E-state index in [0.717, 1.165) is 86.0 Å². The molecule has 2 aromatic carbocycles. The third kappa shape index (κ3) is 3.01. The van der Waals surface area contributed by atoms with Gasteiger partial charge in [-0.2, -0.15) is 0 Å². The van der Waals surface area contributed by atoms with Crippen molar-refractivity contribution in [1.29, 1.82) is 0 Å². The van der Waals surface area contributed by atoms with E-state index in [0.29, 0.717) is 6.79 Å². The number of hydrogen-bond donors (Lipinski definition) is 0. The maximum atomic E-state index is 13.1. The van der Waals surface area contributed by atoms with Crippen LogP contribution in [0.4, 0.5) is 0 Å². The summed E-state index contributed by atoms with van der Waals surface area (Å²) in [7, 11) is 0. The Kier molecular flexibility index (Phi) is 4.16. The maximum absolute atomic E-state index is 13.1. The van der Waals surface area contributed by atoms with Crippen LogP contribution in [0.15, 0.2) is 36.4 Å². The number of rotatable bonds is 3. The van der Waals surface area contributed by atoms with E-state index in [1.807, 2.05) is 29.2 Å². The summed E-state index contributed by atoms with van der Waals surface area (Å²) in [6.45, 7) is 5.37. The summed E-state index contributed by atoms with van der Waals surface area (Å²) >= 11 is 0. The second-order valence-electron chi connectivity index (χ2n) is 8.24. The maximum Gasteiger partial charge on any atom is 0.254 e. The van der Waals surface area contributed by atoms with Crippen molar-refractivity contribution in [2.75, 3.05) is 33.0 Å². The zero-order valence-electron chi connectivity index (χ0n) is 16.8. The van der Waals surface area contributed by atoms with Gasteiger partial charge in [0.15, 0.2) is 11.5 Å². The van der Waals surface area contributed by atoms with Gasteiger partial charge in [0.25, 0.3) is 5.91 Å². The zero-order chi connectivity index (χ0) is 20.1. The molecule has 0 atom stereocenters. The Balaban J connectivity index is 1.12. The van der Waals surface area contributed by atoms with Gasteiger partial charge in [-0.15, -0.1) is 0 Å². The van der Waals surface area contributed by atoms with Crippen molar-refractivity contribution >= 4 is 16.9 Å². The molecule has 3 aliphatic heterocycles. The summed E-state index contributed by atoms with van der Waals surface area (Å²) in [4.78, 5) is 22.2. The van der Waals surface area contributed by atoms with Crippen LogP contribution in [0.3, 0.4) is 0 Å². The zero-order valence-corrected chi connectivity index (χ0v) is 16.8. The number of amides is 1. The molecule has 0 bridgehead atoms. The summed E-state index contributed by atoms with van der Waals surface area (Å²) in [5.41, 5.74) is 4.06. The van der Waals surface area contributed by atoms with Crippen LogP contribution >= 0.6 is 0 Å². The molecule has 0 spiro atoms. The van der Waals surface area contributed by atoms with E-state index in [1.165, 1.54) is 5.56 Å². The molecular formula is C23H24N4O3. The Morgan fingerprint density at radius 1 is 0.967 bits per heavy atom. The van der Waals surface area contributed by atoms with E-state index in [-0.39, 0.29) is 5.91 Å². The molecule has 7 nitrogen and oxygen atoms in total. The van der Waals surface area contributed by atoms with Crippen LogP contribution in [0.5, 0.6) is 11.5 Å². The van der Waals surface area contributed by atoms with Crippen molar-refractivity contribution in [3.8, 4) is 11.5 Å². The third-order valence-electron chi connectivity index (χ3n) is 6.36. The van der Waals surface area contributed by atoms with Gasteiger partial charge in [-0.1, -0.05) is 6.07 Å². The van der Waals surface area contributed by atoms with Gasteiger partial charge < -0.3 is 18.9 Å². The lowest BCUT2D eigenvalue weighted by atomic mass is 10.1. The minimum absolute atomic E-state index is 0.119. The van der Waals surface area contributed by atoms with Crippen LogP contribution < -0.4 is 9.47 Å². The molecule has 0 N–H and O–H groups in total. The van der Waals surface area contributed by atoms with Crippen LogP contribution in [0.2, 0.25) is 0 Å². The molecule has 154 valence electrons. The van der Waals surface area contributed by atoms with Gasteiger partial charge in [-0.3, -0.25) is 9.69 Å². The van der Waals surface area contributed by atoms with Crippen LogP contribution in [0.25, 0.3) is 11.0 Å². The molecule has 6 rings (SSSR count). The van der Waals surface area contributed by atoms with Crippen molar-refractivity contribution in [3.63, 3.8) is 0 Å². The standard InChI is InChI=1S/C23H24N4O3/c28-23(17-4-5-18-19(13-17)27-7-1-2-22(27)24-18)26-10-8-25(9-11-26)14-16-3-6-20-21(12-16)30-15-29-20/h3-6,12-13H,1-2,7-11,14-15H2. The topological polar surface area (TPSA) is 59.8 Å². The van der Waals surface area contributed by atoms with E-state index in [1.54, 1.807) is 0 Å². The number of carbonyl (C=O) groups excluding carboxylic acids is 1. The average molecular weight is 404 g/mol. The molecule has 3 aliphatic rings. The lowest BCUT2D eigenvalue weighted by Gasteiger charge is -2.34. The summed E-state index contributed by atoms with van der Waals surface area (Å²) in [5, 5.41) is 0. The molecule has 3 aromatic rings. The second kappa shape index (κ2) is 7.02. The Morgan fingerprint density at radius 2 is 1.83 bits per heavy atom. The molecule has 7 heteroatoms. The number of fused-ring (bicyclic) bond motifs is 4. The molecule has 1 aromatic heterocycles. The lowest BCUT2D eigenvalue weighted by molar-refractivity contribution is 0.0628. The van der Waals surface area contributed by atoms with E-state index >= 15 is 0 Å². The predicted octanol–water partition coefficient (Wildman–Crippen LogP) is 2.67. The highest BCUT2D eigenvalue weighted by molar-refractivity contribution is 5.97. The summed E-state index contributed by atoms with van der Waals surface area (Å²) in [5.74, 6) is 2.90. The third-order valence-corrected chi connectivity index (χ3v) is 6.36. The number of nitrogens with zero attached hydrogens (tertiary/aromatic N) is 4. The SMILES string of the molecule is O=C(c1ccc2nc3n(c2c1)CCC3)N1CCN(Cc2ccc3c(c2)OCO3)CC1. The minimum Gasteiger partial charge on any atom is -0.454 e. The number of piperazine rings is 1. The van der Waals surface area contributed by atoms with Crippen molar-refractivity contribution < 1.29 is 14.3 Å². The van der Waals surface area contributed by atoms with Crippen LogP contribution in [-0.4, -0.2) is 58.2 Å². The van der Waals surface area contributed by atoms with Gasteiger partial charge in [0.05, 0.1) is 11.0 Å². The van der Waals surface area contributed by atoms with E-state index in [4.69, 9.17) is 14.5 Å². The first-order chi connectivity index (χ1) is 14.7. The lowest BCUT2D eigenvalue weighted by Crippen LogP contribution is -2.48. The molecule has 0 aliphatic carbocycles. The fraction of sp³-hybridized carbons (Fsp3) is 0.391. The highest BCUT2D eigenvalue weighted by Gasteiger charge is 2.24. The average Bonchev–Trinajstić information content (AvgIpc) is 3.49. The molecule has 30 heavy (non-hydrogen) atoms. The number of aryl methyl sites for hydroxylation is 2. The van der Waals surface area contributed by atoms with Crippen LogP contribution in [0.1, 0.15) is 28.2 Å². The van der Waals surface area contributed by atoms with Crippen molar-refractivity contribution in [1.82, 2.24) is 19.4 Å². The first-order valence-corrected chi connectivity index (χ1v) is 10.6. The van der Waals surface area contributed by atoms with Crippen molar-refractivity contribution in [2.24, 2.45) is 0 Å². The normalized spacial score (nSPS) is 18.2. The van der Waals surface area contributed by atoms with Gasteiger partial charge >= 0.3 is 0 Å². The molecule has 1 amide bonds. The molecule has 1 saturated heterocycles. The van der Waals surface area contributed by atoms with Gasteiger partial charge in [0.1, 0.15) is 5.82 Å². The monoisotopic (exact) mass is 404 g/mol. The summed E-state index contributed by atoms with van der Waals surface area (Å²) in [6, 6.07) is 12.1. The van der Waals surface area contributed by atoms with Gasteiger partial charge in [0, 0.05) is 51.3 Å². The molecular weight excluding hydrogens is 380 g/mol. The minimum atomic E-state index is 0.119. The van der Waals surface area contributed by atoms with E-state index in [2.05, 4.69) is 21.6 Å². The number of aromatic nitrogens is 2. The number of carbonyl (C=O) groups is 1. The Hall–Kier alpha value is -3.06. The molecule has 0 saturated carbocycles. The molecule has 4 heterocycles. The van der Waals surface area contributed by atoms with E-state index < -0.39 is 0 Å². The van der Waals surface area contributed by atoms with E-state index in [9.17, 15) is 4.79 Å². The van der Waals surface area contributed by atoms with Gasteiger partial charge in [-0.25, -0.2) is 4.98 Å². The fourth-order valence-corrected chi connectivity index (χ4v) is 4.73. The first kappa shape index (κ1) is 17.8. The van der Waals surface area contributed by atoms with Gasteiger partial charge in [0.2, 0.25) is 6.79 Å². The first-order valence-electron chi connectivity index (χ1n) is 10.6. The Morgan fingerprint density at radius 3 is 2.73 bits per heavy atom. The molecule has 0 radical (unpaired) electrons. The molecule has 0 unspecified atom stereocenters. The summed E-state index contributed by atoms with van der Waals surface area (Å²) < 4.78 is 13.1. The number of ether oxygens (including phenoxy) is 2. The Bertz CT molecular complexity index is 1130. The van der Waals surface area contributed by atoms with Crippen LogP contribution in [-0.2, 0) is 19.5 Å². The second-order valence-corrected chi connectivity index (χ2v) is 8.24. The largest absolute Gasteiger partial charge is 0.454 e. The number of imidazole rings is 1. The van der Waals surface area contributed by atoms with Crippen LogP contribution in [0, 0.1) is 0 Å². The number of benzene rings is 2. The van der Waals surface area contributed by atoms with Crippen molar-refractivity contribution in [3.05, 3.63) is 53.3 Å². The fourth-order valence-electron chi connectivity index (χ4n) is 4.73. The smallest absolute Gasteiger partial charge is 0.254 e.